The molecular weight excluding hydrogens is 428 g/mol. The van der Waals surface area contributed by atoms with Gasteiger partial charge in [0.05, 0.1) is 24.1 Å². The summed E-state index contributed by atoms with van der Waals surface area (Å²) in [4.78, 5) is 33.1. The highest BCUT2D eigenvalue weighted by Gasteiger charge is 2.13. The predicted molar refractivity (Wildman–Crippen MR) is 118 cm³/mol. The number of aryl methyl sites for hydroxylation is 2. The van der Waals surface area contributed by atoms with Crippen LogP contribution in [0.15, 0.2) is 23.0 Å². The van der Waals surface area contributed by atoms with Crippen molar-refractivity contribution in [3.63, 3.8) is 0 Å². The van der Waals surface area contributed by atoms with E-state index >= 15 is 0 Å². The average molecular weight is 449 g/mol. The number of H-pyrrole nitrogens is 1. The number of nitrogens with zero attached hydrogens (tertiary/aromatic N) is 1. The summed E-state index contributed by atoms with van der Waals surface area (Å²) in [6.07, 6.45) is 2.82. The van der Waals surface area contributed by atoms with E-state index in [1.54, 1.807) is 18.2 Å². The Bertz CT molecular complexity index is 1180. The molecule has 0 aliphatic carbocycles. The number of carbonyl (C=O) groups excluding carboxylic acids is 1. The molecule has 0 radical (unpaired) electrons. The second kappa shape index (κ2) is 9.32. The Hall–Kier alpha value is -2.84. The molecule has 0 unspecified atom stereocenters. The second-order valence-electron chi connectivity index (χ2n) is 6.38. The Kier molecular flexibility index (Phi) is 6.79. The summed E-state index contributed by atoms with van der Waals surface area (Å²) < 4.78 is 16.0. The zero-order chi connectivity index (χ0) is 21.8. The lowest BCUT2D eigenvalue weighted by Gasteiger charge is -2.11. The van der Waals surface area contributed by atoms with Gasteiger partial charge in [0.2, 0.25) is 0 Å². The first-order valence-electron chi connectivity index (χ1n) is 9.18. The predicted octanol–water partition coefficient (Wildman–Crippen LogP) is 4.42. The first-order chi connectivity index (χ1) is 14.3. The molecular formula is C21H21ClN2O5S. The average Bonchev–Trinajstić information content (AvgIpc) is 2.99. The lowest BCUT2D eigenvalue weighted by atomic mass is 10.2. The molecule has 0 spiro atoms. The standard InChI is InChI=1S/C21H21ClN2O5S/c1-5-28-15-9-13(8-14(22)19(15)27-4)6-7-17(25)29-10-16-23-20(26)18-11(2)12(3)30-21(18)24-16/h6-9H,5,10H2,1-4H3,(H,23,24,26)/b7-6+. The van der Waals surface area contributed by atoms with E-state index in [0.29, 0.717) is 44.7 Å². The van der Waals surface area contributed by atoms with Crippen molar-refractivity contribution in [2.75, 3.05) is 13.7 Å². The molecule has 1 aromatic carbocycles. The SMILES string of the molecule is CCOc1cc(/C=C/C(=O)OCc2nc3sc(C)c(C)c3c(=O)[nH]2)cc(Cl)c1OC. The fourth-order valence-corrected chi connectivity index (χ4v) is 4.21. The molecule has 9 heteroatoms. The molecule has 7 nitrogen and oxygen atoms in total. The third kappa shape index (κ3) is 4.66. The van der Waals surface area contributed by atoms with Gasteiger partial charge in [-0.15, -0.1) is 11.3 Å². The number of carbonyl (C=O) groups is 1. The third-order valence-electron chi connectivity index (χ3n) is 4.39. The van der Waals surface area contributed by atoms with Gasteiger partial charge in [0.1, 0.15) is 17.3 Å². The number of methoxy groups -OCH3 is 1. The number of hydrogen-bond acceptors (Lipinski definition) is 7. The molecule has 0 aliphatic rings. The fourth-order valence-electron chi connectivity index (χ4n) is 2.86. The molecule has 1 N–H and O–H groups in total. The molecule has 0 atom stereocenters. The summed E-state index contributed by atoms with van der Waals surface area (Å²) in [7, 11) is 1.51. The van der Waals surface area contributed by atoms with Crippen LogP contribution in [0, 0.1) is 13.8 Å². The van der Waals surface area contributed by atoms with Crippen molar-refractivity contribution < 1.29 is 19.0 Å². The van der Waals surface area contributed by atoms with Crippen LogP contribution in [0.1, 0.15) is 28.8 Å². The van der Waals surface area contributed by atoms with Gasteiger partial charge in [-0.1, -0.05) is 11.6 Å². The highest BCUT2D eigenvalue weighted by Crippen LogP contribution is 2.36. The van der Waals surface area contributed by atoms with Crippen molar-refractivity contribution >= 4 is 45.2 Å². The van der Waals surface area contributed by atoms with Crippen molar-refractivity contribution in [3.05, 3.63) is 55.4 Å². The van der Waals surface area contributed by atoms with Gasteiger partial charge in [-0.05, 0) is 50.1 Å². The molecule has 3 aromatic rings. The minimum Gasteiger partial charge on any atom is -0.491 e. The molecule has 2 aromatic heterocycles. The van der Waals surface area contributed by atoms with E-state index < -0.39 is 5.97 Å². The van der Waals surface area contributed by atoms with Crippen LogP contribution in [0.5, 0.6) is 11.5 Å². The minimum absolute atomic E-state index is 0.141. The molecule has 0 bridgehead atoms. The van der Waals surface area contributed by atoms with Crippen molar-refractivity contribution in [1.29, 1.82) is 0 Å². The Morgan fingerprint density at radius 1 is 1.33 bits per heavy atom. The van der Waals surface area contributed by atoms with Gasteiger partial charge in [-0.25, -0.2) is 9.78 Å². The number of ether oxygens (including phenoxy) is 3. The Morgan fingerprint density at radius 2 is 2.10 bits per heavy atom. The Balaban J connectivity index is 1.71. The number of benzene rings is 1. The molecule has 0 aliphatic heterocycles. The number of nitrogens with one attached hydrogen (secondary N) is 1. The molecule has 0 saturated carbocycles. The van der Waals surface area contributed by atoms with Crippen molar-refractivity contribution in [1.82, 2.24) is 9.97 Å². The van der Waals surface area contributed by atoms with Gasteiger partial charge < -0.3 is 19.2 Å². The van der Waals surface area contributed by atoms with Crippen LogP contribution in [0.4, 0.5) is 0 Å². The molecule has 30 heavy (non-hydrogen) atoms. The van der Waals surface area contributed by atoms with E-state index in [1.807, 2.05) is 20.8 Å². The maximum Gasteiger partial charge on any atom is 0.331 e. The molecule has 0 amide bonds. The van der Waals surface area contributed by atoms with E-state index in [0.717, 1.165) is 10.4 Å². The Morgan fingerprint density at radius 3 is 2.80 bits per heavy atom. The van der Waals surface area contributed by atoms with Gasteiger partial charge >= 0.3 is 5.97 Å². The quantitative estimate of drug-likeness (QED) is 0.425. The smallest absolute Gasteiger partial charge is 0.331 e. The maximum absolute atomic E-state index is 12.3. The lowest BCUT2D eigenvalue weighted by molar-refractivity contribution is -0.139. The van der Waals surface area contributed by atoms with Crippen LogP contribution in [0.2, 0.25) is 5.02 Å². The first kappa shape index (κ1) is 21.9. The van der Waals surface area contributed by atoms with E-state index in [4.69, 9.17) is 25.8 Å². The number of aromatic nitrogens is 2. The largest absolute Gasteiger partial charge is 0.491 e. The van der Waals surface area contributed by atoms with Crippen LogP contribution in [0.3, 0.4) is 0 Å². The number of aromatic amines is 1. The fraction of sp³-hybridized carbons (Fsp3) is 0.286. The number of esters is 1. The summed E-state index contributed by atoms with van der Waals surface area (Å²) in [5.74, 6) is 0.627. The van der Waals surface area contributed by atoms with Crippen LogP contribution < -0.4 is 15.0 Å². The van der Waals surface area contributed by atoms with Gasteiger partial charge in [0.25, 0.3) is 5.56 Å². The maximum atomic E-state index is 12.3. The first-order valence-corrected chi connectivity index (χ1v) is 10.4. The zero-order valence-corrected chi connectivity index (χ0v) is 18.6. The summed E-state index contributed by atoms with van der Waals surface area (Å²) >= 11 is 7.64. The summed E-state index contributed by atoms with van der Waals surface area (Å²) in [6, 6.07) is 3.37. The topological polar surface area (TPSA) is 90.5 Å². The molecule has 158 valence electrons. The number of fused-ring (bicyclic) bond motifs is 1. The molecule has 2 heterocycles. The summed E-state index contributed by atoms with van der Waals surface area (Å²) in [5, 5.41) is 0.946. The van der Waals surface area contributed by atoms with E-state index in [2.05, 4.69) is 9.97 Å². The lowest BCUT2D eigenvalue weighted by Crippen LogP contribution is -2.13. The molecule has 3 rings (SSSR count). The number of thiophene rings is 1. The summed E-state index contributed by atoms with van der Waals surface area (Å²) in [5.41, 5.74) is 1.33. The van der Waals surface area contributed by atoms with Crippen LogP contribution in [0.25, 0.3) is 16.3 Å². The number of rotatable bonds is 7. The number of halogens is 1. The van der Waals surface area contributed by atoms with Gasteiger partial charge in [0.15, 0.2) is 11.5 Å². The van der Waals surface area contributed by atoms with E-state index in [9.17, 15) is 9.59 Å². The van der Waals surface area contributed by atoms with Crippen molar-refractivity contribution in [3.8, 4) is 11.5 Å². The van der Waals surface area contributed by atoms with E-state index in [-0.39, 0.29) is 12.2 Å². The van der Waals surface area contributed by atoms with Crippen LogP contribution >= 0.6 is 22.9 Å². The Labute approximate surface area is 182 Å². The number of hydrogen-bond donors (Lipinski definition) is 1. The van der Waals surface area contributed by atoms with Gasteiger partial charge in [-0.2, -0.15) is 0 Å². The van der Waals surface area contributed by atoms with Crippen molar-refractivity contribution in [2.45, 2.75) is 27.4 Å². The van der Waals surface area contributed by atoms with Gasteiger partial charge in [-0.3, -0.25) is 4.79 Å². The second-order valence-corrected chi connectivity index (χ2v) is 7.99. The summed E-state index contributed by atoms with van der Waals surface area (Å²) in [6.45, 7) is 5.98. The van der Waals surface area contributed by atoms with Crippen molar-refractivity contribution in [2.24, 2.45) is 0 Å². The van der Waals surface area contributed by atoms with Crippen LogP contribution in [-0.4, -0.2) is 29.7 Å². The van der Waals surface area contributed by atoms with Gasteiger partial charge in [0, 0.05) is 11.0 Å². The third-order valence-corrected chi connectivity index (χ3v) is 5.77. The highest BCUT2D eigenvalue weighted by atomic mass is 35.5. The monoisotopic (exact) mass is 448 g/mol. The normalized spacial score (nSPS) is 11.2. The zero-order valence-electron chi connectivity index (χ0n) is 17.0. The van der Waals surface area contributed by atoms with Crippen LogP contribution in [-0.2, 0) is 16.1 Å². The molecule has 0 fully saturated rings. The van der Waals surface area contributed by atoms with E-state index in [1.165, 1.54) is 24.5 Å². The minimum atomic E-state index is -0.582. The molecule has 0 saturated heterocycles. The highest BCUT2D eigenvalue weighted by molar-refractivity contribution is 7.18.